The van der Waals surface area contributed by atoms with Crippen molar-refractivity contribution in [1.82, 2.24) is 0 Å². The lowest BCUT2D eigenvalue weighted by atomic mass is 9.91. The minimum absolute atomic E-state index is 0.168. The molecule has 0 fully saturated rings. The molecule has 1 atom stereocenters. The van der Waals surface area contributed by atoms with Gasteiger partial charge in [0.1, 0.15) is 5.75 Å². The Morgan fingerprint density at radius 1 is 1.50 bits per heavy atom. The van der Waals surface area contributed by atoms with Gasteiger partial charge in [-0.2, -0.15) is 0 Å². The molecule has 20 heavy (non-hydrogen) atoms. The van der Waals surface area contributed by atoms with Gasteiger partial charge in [0.15, 0.2) is 0 Å². The van der Waals surface area contributed by atoms with Crippen LogP contribution in [0.25, 0.3) is 0 Å². The van der Waals surface area contributed by atoms with Crippen molar-refractivity contribution < 1.29 is 14.6 Å². The Morgan fingerprint density at radius 3 is 3.00 bits per heavy atom. The van der Waals surface area contributed by atoms with Crippen molar-refractivity contribution in [1.29, 1.82) is 0 Å². The maximum absolute atomic E-state index is 10.8. The number of benzene rings is 1. The lowest BCUT2D eigenvalue weighted by molar-refractivity contribution is -0.133. The Hall–Kier alpha value is -1.16. The fraction of sp³-hybridized carbons (Fsp3) is 0.562. The summed E-state index contributed by atoms with van der Waals surface area (Å²) in [4.78, 5) is 10.8. The van der Waals surface area contributed by atoms with Crippen LogP contribution in [0.3, 0.4) is 0 Å². The van der Waals surface area contributed by atoms with Gasteiger partial charge in [-0.05, 0) is 48.4 Å². The molecule has 0 bridgehead atoms. The molecule has 3 nitrogen and oxygen atoms in total. The van der Waals surface area contributed by atoms with Crippen LogP contribution in [-0.4, -0.2) is 23.4 Å². The molecule has 0 radical (unpaired) electrons. The van der Waals surface area contributed by atoms with Gasteiger partial charge in [0, 0.05) is 5.25 Å². The van der Waals surface area contributed by atoms with Gasteiger partial charge >= 0.3 is 5.97 Å². The van der Waals surface area contributed by atoms with Crippen molar-refractivity contribution in [2.24, 2.45) is 5.92 Å². The van der Waals surface area contributed by atoms with E-state index in [1.807, 2.05) is 6.07 Å². The van der Waals surface area contributed by atoms with Crippen LogP contribution in [0.4, 0.5) is 0 Å². The van der Waals surface area contributed by atoms with Gasteiger partial charge in [-0.3, -0.25) is 4.79 Å². The second-order valence-corrected chi connectivity index (χ2v) is 6.84. The van der Waals surface area contributed by atoms with Crippen LogP contribution in [0.15, 0.2) is 18.2 Å². The monoisotopic (exact) mass is 294 g/mol. The minimum Gasteiger partial charge on any atom is -0.493 e. The standard InChI is InChI=1S/C16H22O3S/c1-11(2)9-19-13-7-6-12-4-3-5-15(14(12)8-13)20-10-16(17)18/h6-8,11,15H,3-5,9-10H2,1-2H3,(H,17,18). The van der Waals surface area contributed by atoms with Crippen LogP contribution >= 0.6 is 11.8 Å². The largest absolute Gasteiger partial charge is 0.493 e. The summed E-state index contributed by atoms with van der Waals surface area (Å²) in [7, 11) is 0. The van der Waals surface area contributed by atoms with Crippen LogP contribution in [0.2, 0.25) is 0 Å². The third-order valence-electron chi connectivity index (χ3n) is 3.37. The van der Waals surface area contributed by atoms with Gasteiger partial charge in [-0.25, -0.2) is 0 Å². The van der Waals surface area contributed by atoms with E-state index < -0.39 is 5.97 Å². The van der Waals surface area contributed by atoms with Crippen LogP contribution < -0.4 is 4.74 Å². The quantitative estimate of drug-likeness (QED) is 0.864. The third kappa shape index (κ3) is 4.17. The molecule has 0 aliphatic heterocycles. The zero-order valence-corrected chi connectivity index (χ0v) is 12.9. The van der Waals surface area contributed by atoms with E-state index in [9.17, 15) is 4.79 Å². The van der Waals surface area contributed by atoms with Crippen LogP contribution in [-0.2, 0) is 11.2 Å². The highest BCUT2D eigenvalue weighted by atomic mass is 32.2. The summed E-state index contributed by atoms with van der Waals surface area (Å²) in [5.41, 5.74) is 2.61. The highest BCUT2D eigenvalue weighted by Crippen LogP contribution is 2.41. The number of thioether (sulfide) groups is 1. The zero-order chi connectivity index (χ0) is 14.5. The molecule has 1 unspecified atom stereocenters. The highest BCUT2D eigenvalue weighted by molar-refractivity contribution is 8.00. The molecule has 110 valence electrons. The first kappa shape index (κ1) is 15.2. The van der Waals surface area contributed by atoms with E-state index >= 15 is 0 Å². The summed E-state index contributed by atoms with van der Waals surface area (Å²) in [6.07, 6.45) is 3.28. The van der Waals surface area contributed by atoms with E-state index in [0.29, 0.717) is 12.5 Å². The SMILES string of the molecule is CC(C)COc1ccc2c(c1)C(SCC(=O)O)CCC2. The van der Waals surface area contributed by atoms with Gasteiger partial charge in [-0.1, -0.05) is 19.9 Å². The fourth-order valence-electron chi connectivity index (χ4n) is 2.43. The number of carboxylic acid groups (broad SMARTS) is 1. The Morgan fingerprint density at radius 2 is 2.30 bits per heavy atom. The van der Waals surface area contributed by atoms with Crippen molar-refractivity contribution in [2.45, 2.75) is 38.4 Å². The normalized spacial score (nSPS) is 17.9. The first-order valence-electron chi connectivity index (χ1n) is 7.15. The molecule has 0 saturated carbocycles. The minimum atomic E-state index is -0.741. The van der Waals surface area contributed by atoms with Crippen molar-refractivity contribution >= 4 is 17.7 Å². The Kier molecular flexibility index (Phi) is 5.35. The Balaban J connectivity index is 2.11. The first-order valence-corrected chi connectivity index (χ1v) is 8.20. The van der Waals surface area contributed by atoms with E-state index in [1.165, 1.54) is 22.9 Å². The van der Waals surface area contributed by atoms with E-state index in [4.69, 9.17) is 9.84 Å². The molecule has 1 N–H and O–H groups in total. The van der Waals surface area contributed by atoms with E-state index in [1.54, 1.807) is 0 Å². The molecule has 0 aromatic heterocycles. The summed E-state index contributed by atoms with van der Waals surface area (Å²) in [5.74, 6) is 0.832. The van der Waals surface area contributed by atoms with E-state index in [2.05, 4.69) is 26.0 Å². The third-order valence-corrected chi connectivity index (χ3v) is 4.67. The summed E-state index contributed by atoms with van der Waals surface area (Å²) in [6, 6.07) is 6.28. The van der Waals surface area contributed by atoms with Crippen LogP contribution in [0.1, 0.15) is 43.1 Å². The number of aryl methyl sites for hydroxylation is 1. The average Bonchev–Trinajstić information content (AvgIpc) is 2.42. The summed E-state index contributed by atoms with van der Waals surface area (Å²) in [6.45, 7) is 4.97. The van der Waals surface area contributed by atoms with E-state index in [0.717, 1.165) is 25.0 Å². The number of carboxylic acids is 1. The summed E-state index contributed by atoms with van der Waals surface area (Å²) >= 11 is 1.53. The number of fused-ring (bicyclic) bond motifs is 1. The molecule has 1 aromatic carbocycles. The number of ether oxygens (including phenoxy) is 1. The van der Waals surface area contributed by atoms with Gasteiger partial charge in [0.2, 0.25) is 0 Å². The molecule has 1 aliphatic carbocycles. The maximum atomic E-state index is 10.8. The summed E-state index contributed by atoms with van der Waals surface area (Å²) in [5, 5.41) is 9.14. The number of rotatable bonds is 6. The van der Waals surface area contributed by atoms with Crippen molar-refractivity contribution in [2.75, 3.05) is 12.4 Å². The Bertz CT molecular complexity index is 471. The molecule has 1 aliphatic rings. The fourth-order valence-corrected chi connectivity index (χ4v) is 3.51. The highest BCUT2D eigenvalue weighted by Gasteiger charge is 2.22. The molecule has 0 amide bonds. The second-order valence-electron chi connectivity index (χ2n) is 5.65. The molecule has 2 rings (SSSR count). The van der Waals surface area contributed by atoms with Crippen LogP contribution in [0.5, 0.6) is 5.75 Å². The lowest BCUT2D eigenvalue weighted by Crippen LogP contribution is -2.11. The van der Waals surface area contributed by atoms with Gasteiger partial charge < -0.3 is 9.84 Å². The average molecular weight is 294 g/mol. The van der Waals surface area contributed by atoms with Gasteiger partial charge in [0.05, 0.1) is 12.4 Å². The predicted octanol–water partition coefficient (Wildman–Crippen LogP) is 3.92. The van der Waals surface area contributed by atoms with Crippen LogP contribution in [0, 0.1) is 5.92 Å². The molecule has 0 spiro atoms. The number of aliphatic carboxylic acids is 1. The smallest absolute Gasteiger partial charge is 0.313 e. The first-order chi connectivity index (χ1) is 9.56. The molecular weight excluding hydrogens is 272 g/mol. The van der Waals surface area contributed by atoms with Gasteiger partial charge in [-0.15, -0.1) is 11.8 Å². The van der Waals surface area contributed by atoms with Crippen molar-refractivity contribution in [3.63, 3.8) is 0 Å². The van der Waals surface area contributed by atoms with Gasteiger partial charge in [0.25, 0.3) is 0 Å². The number of hydrogen-bond acceptors (Lipinski definition) is 3. The molecule has 4 heteroatoms. The summed E-state index contributed by atoms with van der Waals surface area (Å²) < 4.78 is 5.78. The topological polar surface area (TPSA) is 46.5 Å². The van der Waals surface area contributed by atoms with Crippen molar-refractivity contribution in [3.8, 4) is 5.75 Å². The van der Waals surface area contributed by atoms with Crippen molar-refractivity contribution in [3.05, 3.63) is 29.3 Å². The molecular formula is C16H22O3S. The Labute approximate surface area is 124 Å². The lowest BCUT2D eigenvalue weighted by Gasteiger charge is -2.25. The number of carbonyl (C=O) groups is 1. The zero-order valence-electron chi connectivity index (χ0n) is 12.1. The molecule has 0 heterocycles. The predicted molar refractivity (Wildman–Crippen MR) is 82.5 cm³/mol. The maximum Gasteiger partial charge on any atom is 0.313 e. The number of hydrogen-bond donors (Lipinski definition) is 1. The molecule has 0 saturated heterocycles. The second kappa shape index (κ2) is 7.02. The molecule has 1 aromatic rings. The van der Waals surface area contributed by atoms with E-state index in [-0.39, 0.29) is 11.0 Å².